The normalized spacial score (nSPS) is 20.1. The quantitative estimate of drug-likeness (QED) is 0.157. The molecule has 5 atom stereocenters. The molecule has 226 valence electrons. The Morgan fingerprint density at radius 3 is 2.44 bits per heavy atom. The number of carbonyl (C=O) groups excluding carboxylic acids is 3. The van der Waals surface area contributed by atoms with Crippen LogP contribution in [0.15, 0.2) is 40.9 Å². The predicted octanol–water partition coefficient (Wildman–Crippen LogP) is 1.11. The Kier molecular flexibility index (Phi) is 11.0. The van der Waals surface area contributed by atoms with Crippen LogP contribution in [-0.2, 0) is 30.2 Å². The Morgan fingerprint density at radius 1 is 1.20 bits per heavy atom. The number of hydrogen-bond donors (Lipinski definition) is 4. The zero-order valence-corrected chi connectivity index (χ0v) is 23.3. The molecule has 1 aliphatic rings. The average molecular weight is 583 g/mol. The van der Waals surface area contributed by atoms with Gasteiger partial charge in [0.25, 0.3) is 5.91 Å². The molecule has 0 saturated carbocycles. The van der Waals surface area contributed by atoms with E-state index in [1.807, 2.05) is 30.3 Å². The molecular formula is C27H36F2N4O8. The summed E-state index contributed by atoms with van der Waals surface area (Å²) < 4.78 is 45.0. The largest absolute Gasteiger partial charge is 0.383 e. The molecule has 2 aromatic rings. The Bertz CT molecular complexity index is 1170. The zero-order valence-electron chi connectivity index (χ0n) is 23.3. The van der Waals surface area contributed by atoms with Gasteiger partial charge in [0.2, 0.25) is 11.7 Å². The number of ether oxygens (including phenoxy) is 3. The van der Waals surface area contributed by atoms with E-state index in [4.69, 9.17) is 14.0 Å². The number of rotatable bonds is 17. The van der Waals surface area contributed by atoms with Crippen molar-refractivity contribution in [3.8, 4) is 0 Å². The van der Waals surface area contributed by atoms with E-state index < -0.39 is 54.5 Å². The number of halogens is 2. The van der Waals surface area contributed by atoms with Gasteiger partial charge in [0.05, 0.1) is 37.6 Å². The molecule has 41 heavy (non-hydrogen) atoms. The molecule has 1 saturated heterocycles. The van der Waals surface area contributed by atoms with Gasteiger partial charge in [-0.3, -0.25) is 19.7 Å². The molecule has 0 radical (unpaired) electrons. The van der Waals surface area contributed by atoms with Crippen LogP contribution in [0.4, 0.5) is 8.78 Å². The molecule has 4 N–H and O–H groups in total. The van der Waals surface area contributed by atoms with Gasteiger partial charge in [-0.05, 0) is 39.2 Å². The van der Waals surface area contributed by atoms with Gasteiger partial charge in [0.15, 0.2) is 5.78 Å². The zero-order chi connectivity index (χ0) is 30.2. The number of alkyl halides is 2. The molecule has 14 heteroatoms. The Labute approximate surface area is 236 Å². The maximum atomic E-state index is 13.4. The monoisotopic (exact) mass is 582 g/mol. The van der Waals surface area contributed by atoms with Crippen molar-refractivity contribution >= 4 is 17.6 Å². The molecule has 1 aliphatic heterocycles. The van der Waals surface area contributed by atoms with Gasteiger partial charge in [0, 0.05) is 13.2 Å². The first-order valence-corrected chi connectivity index (χ1v) is 13.0. The number of aromatic nitrogens is 1. The second-order valence-electron chi connectivity index (χ2n) is 10.2. The molecule has 2 heterocycles. The molecule has 4 unspecified atom stereocenters. The average Bonchev–Trinajstić information content (AvgIpc) is 3.52. The topological polar surface area (TPSA) is 165 Å². The lowest BCUT2D eigenvalue weighted by Gasteiger charge is -2.37. The lowest BCUT2D eigenvalue weighted by molar-refractivity contribution is -0.138. The molecule has 1 aromatic carbocycles. The number of carbonyl (C=O) groups is 3. The molecule has 0 spiro atoms. The molecule has 1 fully saturated rings. The first-order chi connectivity index (χ1) is 19.3. The van der Waals surface area contributed by atoms with Gasteiger partial charge in [-0.1, -0.05) is 35.5 Å². The van der Waals surface area contributed by atoms with Gasteiger partial charge in [0.1, 0.15) is 17.4 Å². The summed E-state index contributed by atoms with van der Waals surface area (Å²) in [6.45, 7) is 0.901. The number of nitrogens with zero attached hydrogens (tertiary/aromatic N) is 1. The van der Waals surface area contributed by atoms with Gasteiger partial charge < -0.3 is 34.5 Å². The number of epoxide rings is 1. The van der Waals surface area contributed by atoms with Gasteiger partial charge in [-0.2, -0.15) is 8.78 Å². The van der Waals surface area contributed by atoms with Crippen LogP contribution in [0, 0.1) is 6.92 Å². The lowest BCUT2D eigenvalue weighted by atomic mass is 9.94. The molecule has 3 rings (SSSR count). The van der Waals surface area contributed by atoms with E-state index in [9.17, 15) is 28.3 Å². The van der Waals surface area contributed by atoms with Crippen LogP contribution >= 0.6 is 0 Å². The molecule has 1 aromatic heterocycles. The second kappa shape index (κ2) is 14.0. The van der Waals surface area contributed by atoms with Crippen LogP contribution in [-0.4, -0.2) is 90.9 Å². The van der Waals surface area contributed by atoms with Crippen molar-refractivity contribution in [1.29, 1.82) is 0 Å². The number of nitrogens with one attached hydrogen (secondary N) is 3. The van der Waals surface area contributed by atoms with Crippen LogP contribution in [0.25, 0.3) is 0 Å². The summed E-state index contributed by atoms with van der Waals surface area (Å²) in [4.78, 5) is 39.4. The van der Waals surface area contributed by atoms with E-state index in [0.29, 0.717) is 5.69 Å². The number of amides is 2. The number of aryl methyl sites for hydroxylation is 1. The lowest BCUT2D eigenvalue weighted by Crippen LogP contribution is -2.65. The summed E-state index contributed by atoms with van der Waals surface area (Å²) in [5, 5.41) is 23.0. The van der Waals surface area contributed by atoms with E-state index >= 15 is 0 Å². The number of aliphatic hydroxyl groups is 1. The van der Waals surface area contributed by atoms with Crippen molar-refractivity contribution in [3.05, 3.63) is 53.4 Å². The maximum Gasteiger partial charge on any atom is 0.345 e. The van der Waals surface area contributed by atoms with E-state index in [0.717, 1.165) is 5.56 Å². The second-order valence-corrected chi connectivity index (χ2v) is 10.2. The standard InChI is InChI=1S/C27H36F2N4O8/c1-16-12-20(41-33-16)24(36)31-21(10-11-39-25(28)29)27(3,37)32-19(14-38-4)23(35)30-18(22(34)26(2)15-40-26)13-17-8-6-5-7-9-17/h5-9,12,18-19,21,25,32,37H,10-11,13-15H2,1-4H3,(H,30,35)(H,31,36)/t18?,19-,21?,26?,27?/m0/s1. The molecule has 0 bridgehead atoms. The number of benzene rings is 1. The third kappa shape index (κ3) is 9.36. The van der Waals surface area contributed by atoms with Crippen LogP contribution < -0.4 is 16.0 Å². The highest BCUT2D eigenvalue weighted by Gasteiger charge is 2.50. The van der Waals surface area contributed by atoms with E-state index in [1.165, 1.54) is 20.1 Å². The predicted molar refractivity (Wildman–Crippen MR) is 140 cm³/mol. The van der Waals surface area contributed by atoms with Crippen LogP contribution in [0.5, 0.6) is 0 Å². The minimum absolute atomic E-state index is 0.165. The molecule has 0 aliphatic carbocycles. The molecular weight excluding hydrogens is 546 g/mol. The third-order valence-electron chi connectivity index (χ3n) is 6.62. The summed E-state index contributed by atoms with van der Waals surface area (Å²) in [5.74, 6) is -1.92. The number of methoxy groups -OCH3 is 1. The summed E-state index contributed by atoms with van der Waals surface area (Å²) in [6, 6.07) is 7.04. The van der Waals surface area contributed by atoms with Crippen LogP contribution in [0.1, 0.15) is 42.1 Å². The van der Waals surface area contributed by atoms with E-state index in [2.05, 4.69) is 25.8 Å². The number of ketones is 1. The molecule has 2 amide bonds. The van der Waals surface area contributed by atoms with Crippen molar-refractivity contribution in [3.63, 3.8) is 0 Å². The summed E-state index contributed by atoms with van der Waals surface area (Å²) >= 11 is 0. The van der Waals surface area contributed by atoms with Gasteiger partial charge in [-0.25, -0.2) is 0 Å². The van der Waals surface area contributed by atoms with E-state index in [-0.39, 0.29) is 37.6 Å². The first-order valence-electron chi connectivity index (χ1n) is 13.0. The molecule has 12 nitrogen and oxygen atoms in total. The van der Waals surface area contributed by atoms with Crippen LogP contribution in [0.2, 0.25) is 0 Å². The minimum atomic E-state index is -3.07. The highest BCUT2D eigenvalue weighted by Crippen LogP contribution is 2.29. The van der Waals surface area contributed by atoms with Gasteiger partial charge in [-0.15, -0.1) is 0 Å². The van der Waals surface area contributed by atoms with Crippen molar-refractivity contribution in [2.24, 2.45) is 0 Å². The highest BCUT2D eigenvalue weighted by molar-refractivity contribution is 5.97. The van der Waals surface area contributed by atoms with Crippen molar-refractivity contribution in [2.75, 3.05) is 26.9 Å². The maximum absolute atomic E-state index is 13.4. The van der Waals surface area contributed by atoms with Crippen molar-refractivity contribution in [1.82, 2.24) is 21.1 Å². The summed E-state index contributed by atoms with van der Waals surface area (Å²) in [6.07, 6.45) is -0.0734. The SMILES string of the molecule is COC[C@H](NC(C)(O)C(CCOC(F)F)NC(=O)c1cc(C)no1)C(=O)NC(Cc1ccccc1)C(=O)C1(C)CO1. The third-order valence-corrected chi connectivity index (χ3v) is 6.62. The highest BCUT2D eigenvalue weighted by atomic mass is 19.3. The fourth-order valence-electron chi connectivity index (χ4n) is 4.22. The minimum Gasteiger partial charge on any atom is -0.383 e. The number of Topliss-reactive ketones (excluding diaryl/α,β-unsaturated/α-hetero) is 1. The van der Waals surface area contributed by atoms with Gasteiger partial charge >= 0.3 is 6.61 Å². The Morgan fingerprint density at radius 2 is 1.88 bits per heavy atom. The Balaban J connectivity index is 1.77. The number of hydrogen-bond acceptors (Lipinski definition) is 10. The summed E-state index contributed by atoms with van der Waals surface area (Å²) in [5.41, 5.74) is -1.83. The van der Waals surface area contributed by atoms with Crippen molar-refractivity contribution < 1.29 is 47.0 Å². The Hall–Kier alpha value is -3.30. The fraction of sp³-hybridized carbons (Fsp3) is 0.556. The van der Waals surface area contributed by atoms with Crippen LogP contribution in [0.3, 0.4) is 0 Å². The summed E-state index contributed by atoms with van der Waals surface area (Å²) in [7, 11) is 1.34. The smallest absolute Gasteiger partial charge is 0.345 e. The van der Waals surface area contributed by atoms with E-state index in [1.54, 1.807) is 13.8 Å². The first kappa shape index (κ1) is 32.2. The fourth-order valence-corrected chi connectivity index (χ4v) is 4.22. The van der Waals surface area contributed by atoms with Crippen molar-refractivity contribution in [2.45, 2.75) is 69.7 Å².